The lowest BCUT2D eigenvalue weighted by atomic mass is 9.80. The van der Waals surface area contributed by atoms with Gasteiger partial charge in [0, 0.05) is 32.0 Å². The van der Waals surface area contributed by atoms with Gasteiger partial charge in [-0.2, -0.15) is 0 Å². The molecule has 1 saturated heterocycles. The van der Waals surface area contributed by atoms with Gasteiger partial charge < -0.3 is 0 Å². The number of Topliss-reactive ketones (excluding diaryl/α,β-unsaturated/α-hetero) is 1. The average molecular weight is 293 g/mol. The molecule has 1 heterocycles. The smallest absolute Gasteiger partial charge is 0.134 e. The van der Waals surface area contributed by atoms with E-state index < -0.39 is 0 Å². The Bertz CT molecular complexity index is 359. The fourth-order valence-corrected chi connectivity index (χ4v) is 4.38. The van der Waals surface area contributed by atoms with E-state index in [0.717, 1.165) is 25.9 Å². The topological polar surface area (TPSA) is 20.3 Å². The van der Waals surface area contributed by atoms with Gasteiger partial charge in [-0.3, -0.25) is 9.69 Å². The third kappa shape index (κ3) is 5.39. The highest BCUT2D eigenvalue weighted by Gasteiger charge is 2.34. The second-order valence-electron chi connectivity index (χ2n) is 9.08. The molecule has 2 nitrogen and oxygen atoms in total. The zero-order valence-corrected chi connectivity index (χ0v) is 14.7. The highest BCUT2D eigenvalue weighted by molar-refractivity contribution is 5.79. The lowest BCUT2D eigenvalue weighted by Crippen LogP contribution is -2.42. The number of hydrogen-bond acceptors (Lipinski definition) is 2. The Morgan fingerprint density at radius 1 is 1.00 bits per heavy atom. The Kier molecular flexibility index (Phi) is 5.51. The minimum Gasteiger partial charge on any atom is -0.300 e. The molecular weight excluding hydrogens is 258 g/mol. The first kappa shape index (κ1) is 17.0. The molecule has 0 aromatic heterocycles. The summed E-state index contributed by atoms with van der Waals surface area (Å²) in [6, 6.07) is 0.684. The van der Waals surface area contributed by atoms with E-state index >= 15 is 0 Å². The molecule has 0 radical (unpaired) electrons. The number of nitrogens with zero attached hydrogens (tertiary/aromatic N) is 1. The van der Waals surface area contributed by atoms with Gasteiger partial charge in [0.1, 0.15) is 5.78 Å². The Balaban J connectivity index is 2.10. The van der Waals surface area contributed by atoms with Gasteiger partial charge in [-0.25, -0.2) is 0 Å². The molecule has 1 aliphatic carbocycles. The molecule has 1 unspecified atom stereocenters. The van der Waals surface area contributed by atoms with Crippen molar-refractivity contribution in [3.63, 3.8) is 0 Å². The van der Waals surface area contributed by atoms with Crippen molar-refractivity contribution in [2.45, 2.75) is 91.5 Å². The molecule has 0 aromatic carbocycles. The van der Waals surface area contributed by atoms with Crippen LogP contribution in [0.2, 0.25) is 0 Å². The van der Waals surface area contributed by atoms with Crippen molar-refractivity contribution >= 4 is 5.78 Å². The minimum absolute atomic E-state index is 0.149. The van der Waals surface area contributed by atoms with Crippen molar-refractivity contribution in [1.29, 1.82) is 0 Å². The fraction of sp³-hybridized carbons (Fsp3) is 0.947. The van der Waals surface area contributed by atoms with Gasteiger partial charge in [0.25, 0.3) is 0 Å². The molecule has 0 amide bonds. The van der Waals surface area contributed by atoms with Gasteiger partial charge in [0.2, 0.25) is 0 Å². The number of carbonyl (C=O) groups is 1. The summed E-state index contributed by atoms with van der Waals surface area (Å²) in [6.07, 6.45) is 11.1. The molecule has 122 valence electrons. The van der Waals surface area contributed by atoms with Crippen LogP contribution in [0.3, 0.4) is 0 Å². The van der Waals surface area contributed by atoms with Crippen LogP contribution in [0.5, 0.6) is 0 Å². The second kappa shape index (κ2) is 6.81. The van der Waals surface area contributed by atoms with E-state index in [1.807, 2.05) is 0 Å². The molecule has 0 bridgehead atoms. The van der Waals surface area contributed by atoms with Crippen LogP contribution in [0, 0.1) is 10.8 Å². The van der Waals surface area contributed by atoms with Crippen LogP contribution >= 0.6 is 0 Å². The van der Waals surface area contributed by atoms with Crippen LogP contribution in [0.1, 0.15) is 85.5 Å². The first-order valence-electron chi connectivity index (χ1n) is 9.03. The molecule has 1 aliphatic heterocycles. The summed E-state index contributed by atoms with van der Waals surface area (Å²) in [7, 11) is 0. The van der Waals surface area contributed by atoms with E-state index in [9.17, 15) is 4.79 Å². The van der Waals surface area contributed by atoms with Crippen molar-refractivity contribution in [3.05, 3.63) is 0 Å². The average Bonchev–Trinajstić information content (AvgIpc) is 2.43. The normalized spacial score (nSPS) is 31.8. The van der Waals surface area contributed by atoms with Crippen LogP contribution in [-0.4, -0.2) is 29.8 Å². The Labute approximate surface area is 131 Å². The van der Waals surface area contributed by atoms with E-state index in [1.165, 1.54) is 44.9 Å². The SMILES string of the molecule is CC1(C)CCCCCCC(N2CCC(=O)CC(C)(C)C2)C1. The molecule has 2 rings (SSSR count). The predicted molar refractivity (Wildman–Crippen MR) is 89.5 cm³/mol. The molecule has 2 fully saturated rings. The molecule has 1 atom stereocenters. The van der Waals surface area contributed by atoms with Gasteiger partial charge >= 0.3 is 0 Å². The quantitative estimate of drug-likeness (QED) is 0.691. The first-order chi connectivity index (χ1) is 9.77. The monoisotopic (exact) mass is 293 g/mol. The molecule has 2 aliphatic rings. The standard InChI is InChI=1S/C19H35NO/c1-18(2)11-8-6-5-7-9-16(13-18)20-12-10-17(21)14-19(3,4)15-20/h16H,5-15H2,1-4H3. The van der Waals surface area contributed by atoms with Gasteiger partial charge in [0.15, 0.2) is 0 Å². The van der Waals surface area contributed by atoms with Crippen molar-refractivity contribution in [2.24, 2.45) is 10.8 Å². The highest BCUT2D eigenvalue weighted by atomic mass is 16.1. The number of ketones is 1. The maximum atomic E-state index is 12.0. The summed E-state index contributed by atoms with van der Waals surface area (Å²) in [5, 5.41) is 0. The second-order valence-corrected chi connectivity index (χ2v) is 9.08. The van der Waals surface area contributed by atoms with Gasteiger partial charge in [-0.05, 0) is 30.1 Å². The maximum absolute atomic E-state index is 12.0. The predicted octanol–water partition coefficient (Wildman–Crippen LogP) is 4.82. The lowest BCUT2D eigenvalue weighted by molar-refractivity contribution is -0.120. The lowest BCUT2D eigenvalue weighted by Gasteiger charge is -2.39. The number of carbonyl (C=O) groups excluding carboxylic acids is 1. The Hall–Kier alpha value is -0.370. The molecule has 0 N–H and O–H groups in total. The summed E-state index contributed by atoms with van der Waals surface area (Å²) in [5.74, 6) is 0.463. The number of hydrogen-bond donors (Lipinski definition) is 0. The van der Waals surface area contributed by atoms with E-state index in [-0.39, 0.29) is 5.41 Å². The third-order valence-electron chi connectivity index (χ3n) is 5.43. The highest BCUT2D eigenvalue weighted by Crippen LogP contribution is 2.36. The molecule has 0 spiro atoms. The summed E-state index contributed by atoms with van der Waals surface area (Å²) in [4.78, 5) is 14.7. The number of rotatable bonds is 1. The molecule has 2 heteroatoms. The summed E-state index contributed by atoms with van der Waals surface area (Å²) < 4.78 is 0. The largest absolute Gasteiger partial charge is 0.300 e. The Morgan fingerprint density at radius 3 is 2.48 bits per heavy atom. The van der Waals surface area contributed by atoms with Gasteiger partial charge in [0.05, 0.1) is 0 Å². The van der Waals surface area contributed by atoms with Crippen LogP contribution in [0.25, 0.3) is 0 Å². The van der Waals surface area contributed by atoms with Crippen molar-refractivity contribution in [3.8, 4) is 0 Å². The number of likely N-dealkylation sites (tertiary alicyclic amines) is 1. The van der Waals surface area contributed by atoms with Crippen molar-refractivity contribution in [1.82, 2.24) is 4.90 Å². The zero-order valence-electron chi connectivity index (χ0n) is 14.7. The molecule has 21 heavy (non-hydrogen) atoms. The van der Waals surface area contributed by atoms with E-state index in [4.69, 9.17) is 0 Å². The maximum Gasteiger partial charge on any atom is 0.134 e. The zero-order chi connectivity index (χ0) is 15.5. The fourth-order valence-electron chi connectivity index (χ4n) is 4.38. The van der Waals surface area contributed by atoms with Crippen LogP contribution < -0.4 is 0 Å². The van der Waals surface area contributed by atoms with Gasteiger partial charge in [-0.1, -0.05) is 53.4 Å². The van der Waals surface area contributed by atoms with Crippen molar-refractivity contribution < 1.29 is 4.79 Å². The van der Waals surface area contributed by atoms with E-state index in [0.29, 0.717) is 17.2 Å². The van der Waals surface area contributed by atoms with Crippen LogP contribution in [-0.2, 0) is 4.79 Å². The molecule has 0 aromatic rings. The van der Waals surface area contributed by atoms with Crippen LogP contribution in [0.15, 0.2) is 0 Å². The van der Waals surface area contributed by atoms with E-state index in [2.05, 4.69) is 32.6 Å². The first-order valence-corrected chi connectivity index (χ1v) is 9.03. The summed E-state index contributed by atoms with van der Waals surface area (Å²) >= 11 is 0. The Morgan fingerprint density at radius 2 is 1.71 bits per heavy atom. The van der Waals surface area contributed by atoms with Gasteiger partial charge in [-0.15, -0.1) is 0 Å². The van der Waals surface area contributed by atoms with Crippen molar-refractivity contribution in [2.75, 3.05) is 13.1 Å². The third-order valence-corrected chi connectivity index (χ3v) is 5.43. The summed E-state index contributed by atoms with van der Waals surface area (Å²) in [6.45, 7) is 11.5. The molecular formula is C19H35NO. The minimum atomic E-state index is 0.149. The summed E-state index contributed by atoms with van der Waals surface area (Å²) in [5.41, 5.74) is 0.603. The molecule has 1 saturated carbocycles. The van der Waals surface area contributed by atoms with E-state index in [1.54, 1.807) is 0 Å². The van der Waals surface area contributed by atoms with Crippen LogP contribution in [0.4, 0.5) is 0 Å².